The summed E-state index contributed by atoms with van der Waals surface area (Å²) in [4.78, 5) is 0.758. The van der Waals surface area contributed by atoms with Crippen molar-refractivity contribution < 1.29 is 8.39 Å². The molecular weight excluding hydrogens is 232 g/mol. The molecule has 0 spiro atoms. The van der Waals surface area contributed by atoms with Crippen molar-refractivity contribution in [1.82, 2.24) is 0 Å². The van der Waals surface area contributed by atoms with Crippen LogP contribution in [-0.2, 0) is 11.1 Å². The third-order valence-electron chi connectivity index (χ3n) is 2.91. The fraction of sp³-hybridized carbons (Fsp3) is 0.143. The highest BCUT2D eigenvalue weighted by Crippen LogP contribution is 2.40. The SMILES string of the molecule is Cc1ccc2c(c1)-c1cc(C)ccc1S(=O)O2. The minimum Gasteiger partial charge on any atom is -0.396 e. The summed E-state index contributed by atoms with van der Waals surface area (Å²) in [6.07, 6.45) is 0. The van der Waals surface area contributed by atoms with Gasteiger partial charge in [0.05, 0.1) is 4.90 Å². The third kappa shape index (κ3) is 1.67. The quantitative estimate of drug-likeness (QED) is 0.710. The van der Waals surface area contributed by atoms with Gasteiger partial charge in [0, 0.05) is 11.1 Å². The van der Waals surface area contributed by atoms with E-state index < -0.39 is 11.1 Å². The van der Waals surface area contributed by atoms with E-state index in [1.807, 2.05) is 38.1 Å². The first kappa shape index (κ1) is 10.5. The van der Waals surface area contributed by atoms with E-state index in [9.17, 15) is 4.21 Å². The predicted molar refractivity (Wildman–Crippen MR) is 68.4 cm³/mol. The molecule has 17 heavy (non-hydrogen) atoms. The molecule has 0 aliphatic carbocycles. The zero-order chi connectivity index (χ0) is 12.0. The lowest BCUT2D eigenvalue weighted by Gasteiger charge is -2.19. The summed E-state index contributed by atoms with van der Waals surface area (Å²) in [6, 6.07) is 11.8. The number of rotatable bonds is 0. The number of hydrogen-bond donors (Lipinski definition) is 0. The van der Waals surface area contributed by atoms with Gasteiger partial charge in [0.1, 0.15) is 5.75 Å². The molecule has 1 atom stereocenters. The molecule has 1 unspecified atom stereocenters. The number of hydrogen-bond acceptors (Lipinski definition) is 2. The van der Waals surface area contributed by atoms with Gasteiger partial charge in [-0.2, -0.15) is 0 Å². The van der Waals surface area contributed by atoms with E-state index in [-0.39, 0.29) is 0 Å². The zero-order valence-corrected chi connectivity index (χ0v) is 10.5. The lowest BCUT2D eigenvalue weighted by molar-refractivity contribution is 0.558. The number of fused-ring (bicyclic) bond motifs is 3. The van der Waals surface area contributed by atoms with Crippen LogP contribution in [0, 0.1) is 13.8 Å². The lowest BCUT2D eigenvalue weighted by atomic mass is 10.0. The van der Waals surface area contributed by atoms with Crippen LogP contribution in [0.2, 0.25) is 0 Å². The maximum absolute atomic E-state index is 11.9. The topological polar surface area (TPSA) is 26.3 Å². The zero-order valence-electron chi connectivity index (χ0n) is 9.69. The maximum Gasteiger partial charge on any atom is 0.241 e. The molecule has 1 heterocycles. The van der Waals surface area contributed by atoms with Crippen LogP contribution in [-0.4, -0.2) is 4.21 Å². The van der Waals surface area contributed by atoms with Gasteiger partial charge in [0.2, 0.25) is 11.1 Å². The van der Waals surface area contributed by atoms with Gasteiger partial charge in [0.15, 0.2) is 0 Å². The first-order valence-corrected chi connectivity index (χ1v) is 6.54. The van der Waals surface area contributed by atoms with Crippen LogP contribution in [0.5, 0.6) is 5.75 Å². The van der Waals surface area contributed by atoms with E-state index >= 15 is 0 Å². The molecule has 0 radical (unpaired) electrons. The van der Waals surface area contributed by atoms with E-state index in [1.54, 1.807) is 0 Å². The Labute approximate surface area is 103 Å². The van der Waals surface area contributed by atoms with E-state index in [4.69, 9.17) is 4.18 Å². The molecule has 3 heteroatoms. The van der Waals surface area contributed by atoms with Gasteiger partial charge in [-0.3, -0.25) is 0 Å². The molecule has 0 amide bonds. The molecule has 3 rings (SSSR count). The molecule has 1 aliphatic rings. The molecule has 2 nitrogen and oxygen atoms in total. The largest absolute Gasteiger partial charge is 0.396 e. The van der Waals surface area contributed by atoms with Crippen LogP contribution in [0.25, 0.3) is 11.1 Å². The molecule has 2 aromatic rings. The Hall–Kier alpha value is -1.61. The first-order valence-electron chi connectivity index (χ1n) is 5.47. The van der Waals surface area contributed by atoms with Gasteiger partial charge in [-0.05, 0) is 38.1 Å². The Morgan fingerprint density at radius 1 is 0.941 bits per heavy atom. The van der Waals surface area contributed by atoms with Crippen LogP contribution >= 0.6 is 0 Å². The van der Waals surface area contributed by atoms with Gasteiger partial charge in [-0.1, -0.05) is 23.3 Å². The van der Waals surface area contributed by atoms with Crippen LogP contribution in [0.3, 0.4) is 0 Å². The highest BCUT2D eigenvalue weighted by molar-refractivity contribution is 7.80. The maximum atomic E-state index is 11.9. The summed E-state index contributed by atoms with van der Waals surface area (Å²) in [5, 5.41) is 0. The molecule has 0 aromatic heterocycles. The fourth-order valence-electron chi connectivity index (χ4n) is 2.05. The van der Waals surface area contributed by atoms with Crippen molar-refractivity contribution in [3.63, 3.8) is 0 Å². The van der Waals surface area contributed by atoms with E-state index in [0.717, 1.165) is 21.6 Å². The summed E-state index contributed by atoms with van der Waals surface area (Å²) >= 11 is -1.39. The second kappa shape index (κ2) is 3.70. The van der Waals surface area contributed by atoms with Crippen LogP contribution in [0.4, 0.5) is 0 Å². The van der Waals surface area contributed by atoms with Crippen molar-refractivity contribution in [3.05, 3.63) is 47.5 Å². The average molecular weight is 244 g/mol. The van der Waals surface area contributed by atoms with Crippen LogP contribution < -0.4 is 4.18 Å². The fourth-order valence-corrected chi connectivity index (χ4v) is 2.98. The van der Waals surface area contributed by atoms with E-state index in [0.29, 0.717) is 5.75 Å². The molecule has 0 saturated heterocycles. The Kier molecular flexibility index (Phi) is 2.30. The highest BCUT2D eigenvalue weighted by atomic mass is 32.2. The summed E-state index contributed by atoms with van der Waals surface area (Å²) in [7, 11) is 0. The van der Waals surface area contributed by atoms with Gasteiger partial charge in [-0.15, -0.1) is 0 Å². The standard InChI is InChI=1S/C14H12O2S/c1-9-3-5-13-11(7-9)12-8-10(2)4-6-14(12)17(15)16-13/h3-8H,1-2H3. The van der Waals surface area contributed by atoms with Crippen molar-refractivity contribution in [2.75, 3.05) is 0 Å². The Morgan fingerprint density at radius 2 is 1.59 bits per heavy atom. The van der Waals surface area contributed by atoms with Crippen molar-refractivity contribution in [1.29, 1.82) is 0 Å². The Morgan fingerprint density at radius 3 is 2.35 bits per heavy atom. The summed E-state index contributed by atoms with van der Waals surface area (Å²) in [5.41, 5.74) is 4.39. The second-order valence-electron chi connectivity index (χ2n) is 4.32. The predicted octanol–water partition coefficient (Wildman–Crippen LogP) is 3.39. The minimum absolute atomic E-state index is 0.701. The Balaban J connectivity index is 2.34. The third-order valence-corrected chi connectivity index (χ3v) is 3.95. The normalized spacial score (nSPS) is 16.9. The van der Waals surface area contributed by atoms with E-state index in [2.05, 4.69) is 12.1 Å². The van der Waals surface area contributed by atoms with Crippen molar-refractivity contribution >= 4 is 11.1 Å². The molecule has 0 saturated carbocycles. The molecule has 2 aromatic carbocycles. The Bertz CT molecular complexity index is 632. The minimum atomic E-state index is -1.39. The number of aryl methyl sites for hydroxylation is 2. The first-order chi connectivity index (χ1) is 8.15. The van der Waals surface area contributed by atoms with Gasteiger partial charge in [-0.25, -0.2) is 4.21 Å². The van der Waals surface area contributed by atoms with E-state index in [1.165, 1.54) is 5.56 Å². The molecule has 1 aliphatic heterocycles. The van der Waals surface area contributed by atoms with Crippen LogP contribution in [0.15, 0.2) is 41.3 Å². The van der Waals surface area contributed by atoms with Crippen LogP contribution in [0.1, 0.15) is 11.1 Å². The van der Waals surface area contributed by atoms with Crippen molar-refractivity contribution in [2.24, 2.45) is 0 Å². The van der Waals surface area contributed by atoms with Gasteiger partial charge < -0.3 is 4.18 Å². The lowest BCUT2D eigenvalue weighted by Crippen LogP contribution is -2.09. The summed E-state index contributed by atoms with van der Waals surface area (Å²) in [5.74, 6) is 0.701. The molecule has 0 fully saturated rings. The van der Waals surface area contributed by atoms with Gasteiger partial charge >= 0.3 is 0 Å². The second-order valence-corrected chi connectivity index (χ2v) is 5.39. The molecular formula is C14H12O2S. The number of benzene rings is 2. The summed E-state index contributed by atoms with van der Waals surface area (Å²) in [6.45, 7) is 4.08. The smallest absolute Gasteiger partial charge is 0.241 e. The summed E-state index contributed by atoms with van der Waals surface area (Å²) < 4.78 is 17.4. The van der Waals surface area contributed by atoms with Crippen molar-refractivity contribution in [3.8, 4) is 16.9 Å². The molecule has 0 N–H and O–H groups in total. The van der Waals surface area contributed by atoms with Crippen molar-refractivity contribution in [2.45, 2.75) is 18.7 Å². The molecule has 0 bridgehead atoms. The monoisotopic (exact) mass is 244 g/mol. The van der Waals surface area contributed by atoms with Gasteiger partial charge in [0.25, 0.3) is 0 Å². The average Bonchev–Trinajstić information content (AvgIpc) is 2.30. The molecule has 86 valence electrons. The highest BCUT2D eigenvalue weighted by Gasteiger charge is 2.23.